The minimum absolute atomic E-state index is 0.155. The predicted molar refractivity (Wildman–Crippen MR) is 90.1 cm³/mol. The molecule has 0 N–H and O–H groups in total. The molecule has 0 saturated heterocycles. The van der Waals surface area contributed by atoms with Gasteiger partial charge >= 0.3 is 5.97 Å². The van der Waals surface area contributed by atoms with Crippen LogP contribution in [0.5, 0.6) is 0 Å². The first-order valence-electron chi connectivity index (χ1n) is 8.93. The van der Waals surface area contributed by atoms with E-state index in [9.17, 15) is 9.59 Å². The number of amides is 1. The van der Waals surface area contributed by atoms with Crippen LogP contribution < -0.4 is 0 Å². The molecule has 1 atom stereocenters. The third-order valence-electron chi connectivity index (χ3n) is 4.72. The van der Waals surface area contributed by atoms with Gasteiger partial charge in [0.15, 0.2) is 0 Å². The highest BCUT2D eigenvalue weighted by Crippen LogP contribution is 2.27. The van der Waals surface area contributed by atoms with E-state index in [2.05, 4.69) is 0 Å². The van der Waals surface area contributed by atoms with Gasteiger partial charge in [-0.2, -0.15) is 0 Å². The summed E-state index contributed by atoms with van der Waals surface area (Å²) in [6, 6.07) is 0. The first-order valence-corrected chi connectivity index (χ1v) is 8.93. The zero-order valence-electron chi connectivity index (χ0n) is 15.0. The fourth-order valence-corrected chi connectivity index (χ4v) is 3.29. The van der Waals surface area contributed by atoms with Crippen LogP contribution in [0.25, 0.3) is 0 Å². The molecule has 1 saturated carbocycles. The Hall–Kier alpha value is -1.10. The highest BCUT2D eigenvalue weighted by Gasteiger charge is 2.22. The molecule has 0 aliphatic heterocycles. The van der Waals surface area contributed by atoms with Crippen molar-refractivity contribution in [3.63, 3.8) is 0 Å². The second-order valence-corrected chi connectivity index (χ2v) is 6.65. The number of carbonyl (C=O) groups is 2. The number of nitrogens with zero attached hydrogens (tertiary/aromatic N) is 1. The number of carbonyl (C=O) groups excluding carboxylic acids is 2. The lowest BCUT2D eigenvalue weighted by Crippen LogP contribution is -2.38. The Bertz CT molecular complexity index is 353. The van der Waals surface area contributed by atoms with E-state index in [4.69, 9.17) is 9.47 Å². The van der Waals surface area contributed by atoms with Gasteiger partial charge in [0, 0.05) is 33.2 Å². The highest BCUT2D eigenvalue weighted by molar-refractivity contribution is 5.78. The summed E-state index contributed by atoms with van der Waals surface area (Å²) in [5, 5.41) is 0. The number of esters is 1. The molecule has 1 unspecified atom stereocenters. The monoisotopic (exact) mass is 327 g/mol. The van der Waals surface area contributed by atoms with Gasteiger partial charge in [0.25, 0.3) is 0 Å². The van der Waals surface area contributed by atoms with Crippen molar-refractivity contribution in [2.24, 2.45) is 11.8 Å². The van der Waals surface area contributed by atoms with Crippen LogP contribution in [0.4, 0.5) is 0 Å². The summed E-state index contributed by atoms with van der Waals surface area (Å²) in [7, 11) is 3.05. The molecule has 5 heteroatoms. The topological polar surface area (TPSA) is 55.8 Å². The first kappa shape index (κ1) is 19.9. The summed E-state index contributed by atoms with van der Waals surface area (Å²) in [5.74, 6) is 0.303. The molecule has 0 bridgehead atoms. The second kappa shape index (κ2) is 11.4. The van der Waals surface area contributed by atoms with Gasteiger partial charge in [-0.15, -0.1) is 0 Å². The number of hydrogen-bond donors (Lipinski definition) is 0. The standard InChI is InChI=1S/C18H33NO4/c1-15(18(21)23-3)14-19(12-7-13-22-2)17(20)11-10-16-8-5-4-6-9-16/h15-16H,4-14H2,1-3H3. The van der Waals surface area contributed by atoms with Crippen molar-refractivity contribution in [1.82, 2.24) is 4.90 Å². The molecular weight excluding hydrogens is 294 g/mol. The lowest BCUT2D eigenvalue weighted by atomic mass is 9.86. The van der Waals surface area contributed by atoms with Crippen molar-refractivity contribution in [1.29, 1.82) is 0 Å². The van der Waals surface area contributed by atoms with Gasteiger partial charge in [-0.05, 0) is 18.8 Å². The quantitative estimate of drug-likeness (QED) is 0.457. The zero-order valence-corrected chi connectivity index (χ0v) is 15.0. The summed E-state index contributed by atoms with van der Waals surface area (Å²) >= 11 is 0. The Labute approximate surface area is 140 Å². The molecule has 1 aliphatic rings. The van der Waals surface area contributed by atoms with Gasteiger partial charge in [-0.25, -0.2) is 0 Å². The van der Waals surface area contributed by atoms with Crippen LogP contribution >= 0.6 is 0 Å². The van der Waals surface area contributed by atoms with Gasteiger partial charge < -0.3 is 14.4 Å². The van der Waals surface area contributed by atoms with Crippen LogP contribution in [-0.4, -0.2) is 50.7 Å². The molecule has 1 rings (SSSR count). The fraction of sp³-hybridized carbons (Fsp3) is 0.889. The Morgan fingerprint density at radius 2 is 1.87 bits per heavy atom. The van der Waals surface area contributed by atoms with E-state index < -0.39 is 0 Å². The van der Waals surface area contributed by atoms with E-state index in [1.165, 1.54) is 39.2 Å². The molecule has 5 nitrogen and oxygen atoms in total. The van der Waals surface area contributed by atoms with E-state index in [1.54, 1.807) is 7.11 Å². The average Bonchev–Trinajstić information content (AvgIpc) is 2.58. The van der Waals surface area contributed by atoms with Gasteiger partial charge in [0.1, 0.15) is 0 Å². The molecule has 134 valence electrons. The summed E-state index contributed by atoms with van der Waals surface area (Å²) in [6.45, 7) is 3.50. The van der Waals surface area contributed by atoms with Crippen LogP contribution in [-0.2, 0) is 19.1 Å². The van der Waals surface area contributed by atoms with Crippen LogP contribution in [0.1, 0.15) is 58.3 Å². The van der Waals surface area contributed by atoms with Gasteiger partial charge in [0.05, 0.1) is 13.0 Å². The van der Waals surface area contributed by atoms with E-state index in [0.29, 0.717) is 32.0 Å². The zero-order chi connectivity index (χ0) is 17.1. The molecule has 0 spiro atoms. The van der Waals surface area contributed by atoms with Gasteiger partial charge in [-0.1, -0.05) is 39.0 Å². The molecule has 0 aromatic heterocycles. The largest absolute Gasteiger partial charge is 0.469 e. The van der Waals surface area contributed by atoms with Crippen molar-refractivity contribution in [2.75, 3.05) is 33.9 Å². The van der Waals surface area contributed by atoms with Crippen molar-refractivity contribution < 1.29 is 19.1 Å². The number of hydrogen-bond acceptors (Lipinski definition) is 4. The van der Waals surface area contributed by atoms with E-state index in [0.717, 1.165) is 12.8 Å². The normalized spacial score (nSPS) is 16.8. The first-order chi connectivity index (χ1) is 11.1. The lowest BCUT2D eigenvalue weighted by molar-refractivity contribution is -0.146. The molecular formula is C18H33NO4. The Morgan fingerprint density at radius 3 is 2.48 bits per heavy atom. The van der Waals surface area contributed by atoms with Crippen molar-refractivity contribution in [2.45, 2.75) is 58.3 Å². The van der Waals surface area contributed by atoms with E-state index >= 15 is 0 Å². The van der Waals surface area contributed by atoms with Crippen LogP contribution in [0.2, 0.25) is 0 Å². The van der Waals surface area contributed by atoms with Gasteiger partial charge in [0.2, 0.25) is 5.91 Å². The van der Waals surface area contributed by atoms with Crippen LogP contribution in [0.15, 0.2) is 0 Å². The van der Waals surface area contributed by atoms with Crippen LogP contribution in [0, 0.1) is 11.8 Å². The second-order valence-electron chi connectivity index (χ2n) is 6.65. The minimum Gasteiger partial charge on any atom is -0.469 e. The lowest BCUT2D eigenvalue weighted by Gasteiger charge is -2.27. The summed E-state index contributed by atoms with van der Waals surface area (Å²) in [5.41, 5.74) is 0. The molecule has 0 heterocycles. The summed E-state index contributed by atoms with van der Waals surface area (Å²) in [6.07, 6.45) is 8.82. The van der Waals surface area contributed by atoms with Crippen molar-refractivity contribution >= 4 is 11.9 Å². The third kappa shape index (κ3) is 7.82. The maximum Gasteiger partial charge on any atom is 0.310 e. The fourth-order valence-electron chi connectivity index (χ4n) is 3.29. The average molecular weight is 327 g/mol. The van der Waals surface area contributed by atoms with E-state index in [-0.39, 0.29) is 17.8 Å². The highest BCUT2D eigenvalue weighted by atomic mass is 16.5. The molecule has 1 fully saturated rings. The molecule has 0 aromatic rings. The molecule has 1 aliphatic carbocycles. The number of ether oxygens (including phenoxy) is 2. The maximum absolute atomic E-state index is 12.6. The molecule has 1 amide bonds. The number of methoxy groups -OCH3 is 2. The maximum atomic E-state index is 12.6. The van der Waals surface area contributed by atoms with Crippen molar-refractivity contribution in [3.05, 3.63) is 0 Å². The van der Waals surface area contributed by atoms with Gasteiger partial charge in [-0.3, -0.25) is 9.59 Å². The molecule has 0 aromatic carbocycles. The van der Waals surface area contributed by atoms with E-state index in [1.807, 2.05) is 11.8 Å². The minimum atomic E-state index is -0.291. The Kier molecular flexibility index (Phi) is 9.92. The Morgan fingerprint density at radius 1 is 1.17 bits per heavy atom. The number of rotatable bonds is 10. The molecule has 23 heavy (non-hydrogen) atoms. The summed E-state index contributed by atoms with van der Waals surface area (Å²) < 4.78 is 9.84. The molecule has 0 radical (unpaired) electrons. The summed E-state index contributed by atoms with van der Waals surface area (Å²) in [4.78, 5) is 26.0. The SMILES string of the molecule is COCCCN(CC(C)C(=O)OC)C(=O)CCC1CCCCC1. The smallest absolute Gasteiger partial charge is 0.310 e. The predicted octanol–water partition coefficient (Wildman–Crippen LogP) is 3.02. The Balaban J connectivity index is 2.47. The van der Waals surface area contributed by atoms with Crippen LogP contribution in [0.3, 0.4) is 0 Å². The van der Waals surface area contributed by atoms with Crippen molar-refractivity contribution in [3.8, 4) is 0 Å². The third-order valence-corrected chi connectivity index (χ3v) is 4.72.